The van der Waals surface area contributed by atoms with Crippen molar-refractivity contribution in [1.82, 2.24) is 4.57 Å². The standard InChI is InChI=1S/C21H20N2O6S2/c1-4-11-23-17-10-5-14(20(25)29-3)12-18(17)30-21(23)22-19(24)13-31(26,27)16-8-6-15(28-2)7-9-16/h4-10,12H,1,11,13H2,2-3H3. The Labute approximate surface area is 183 Å². The van der Waals surface area contributed by atoms with Gasteiger partial charge in [0.05, 0.1) is 34.9 Å². The Morgan fingerprint density at radius 2 is 1.87 bits per heavy atom. The second kappa shape index (κ2) is 9.27. The molecule has 31 heavy (non-hydrogen) atoms. The van der Waals surface area contributed by atoms with Crippen LogP contribution in [0.4, 0.5) is 0 Å². The third-order valence-electron chi connectivity index (χ3n) is 4.37. The summed E-state index contributed by atoms with van der Waals surface area (Å²) in [6, 6.07) is 10.8. The number of hydrogen-bond donors (Lipinski definition) is 0. The second-order valence-electron chi connectivity index (χ2n) is 6.40. The number of allylic oxidation sites excluding steroid dienone is 1. The molecule has 8 nitrogen and oxygen atoms in total. The number of thiazole rings is 1. The Morgan fingerprint density at radius 1 is 1.16 bits per heavy atom. The van der Waals surface area contributed by atoms with Gasteiger partial charge < -0.3 is 14.0 Å². The molecular formula is C21H20N2O6S2. The van der Waals surface area contributed by atoms with Gasteiger partial charge in [-0.25, -0.2) is 13.2 Å². The van der Waals surface area contributed by atoms with Gasteiger partial charge in [0.1, 0.15) is 11.5 Å². The fraction of sp³-hybridized carbons (Fsp3) is 0.190. The number of hydrogen-bond acceptors (Lipinski definition) is 7. The van der Waals surface area contributed by atoms with Crippen LogP contribution in [0.3, 0.4) is 0 Å². The van der Waals surface area contributed by atoms with Crippen LogP contribution in [0, 0.1) is 0 Å². The first kappa shape index (κ1) is 22.4. The molecule has 1 heterocycles. The normalized spacial score (nSPS) is 12.0. The van der Waals surface area contributed by atoms with Gasteiger partial charge >= 0.3 is 5.97 Å². The number of aromatic nitrogens is 1. The number of rotatable bonds is 7. The minimum Gasteiger partial charge on any atom is -0.497 e. The third-order valence-corrected chi connectivity index (χ3v) is 7.03. The van der Waals surface area contributed by atoms with Gasteiger partial charge in [0.15, 0.2) is 14.6 Å². The zero-order chi connectivity index (χ0) is 22.6. The molecule has 0 saturated carbocycles. The van der Waals surface area contributed by atoms with Crippen LogP contribution in [-0.4, -0.2) is 44.8 Å². The molecule has 1 amide bonds. The average Bonchev–Trinajstić information content (AvgIpc) is 3.09. The lowest BCUT2D eigenvalue weighted by Crippen LogP contribution is -2.20. The molecule has 0 spiro atoms. The van der Waals surface area contributed by atoms with Crippen molar-refractivity contribution in [3.63, 3.8) is 0 Å². The predicted octanol–water partition coefficient (Wildman–Crippen LogP) is 2.59. The monoisotopic (exact) mass is 460 g/mol. The Bertz CT molecular complexity index is 1320. The fourth-order valence-corrected chi connectivity index (χ4v) is 5.08. The van der Waals surface area contributed by atoms with Gasteiger partial charge in [-0.05, 0) is 42.5 Å². The smallest absolute Gasteiger partial charge is 0.337 e. The van der Waals surface area contributed by atoms with E-state index in [0.717, 1.165) is 5.52 Å². The molecule has 0 aliphatic rings. The van der Waals surface area contributed by atoms with Crippen molar-refractivity contribution < 1.29 is 27.5 Å². The molecule has 1 aromatic heterocycles. The van der Waals surface area contributed by atoms with Gasteiger partial charge in [-0.3, -0.25) is 4.79 Å². The summed E-state index contributed by atoms with van der Waals surface area (Å²) in [6.07, 6.45) is 1.64. The Hall–Kier alpha value is -3.24. The van der Waals surface area contributed by atoms with Gasteiger partial charge in [-0.2, -0.15) is 4.99 Å². The van der Waals surface area contributed by atoms with Gasteiger partial charge in [0.25, 0.3) is 5.91 Å². The van der Waals surface area contributed by atoms with E-state index < -0.39 is 27.5 Å². The molecule has 0 atom stereocenters. The van der Waals surface area contributed by atoms with Crippen LogP contribution < -0.4 is 9.54 Å². The molecule has 0 unspecified atom stereocenters. The number of carbonyl (C=O) groups is 2. The molecule has 0 N–H and O–H groups in total. The van der Waals surface area contributed by atoms with Crippen molar-refractivity contribution in [1.29, 1.82) is 0 Å². The van der Waals surface area contributed by atoms with E-state index in [2.05, 4.69) is 11.6 Å². The Morgan fingerprint density at radius 3 is 2.48 bits per heavy atom. The average molecular weight is 461 g/mol. The SMILES string of the molecule is C=CCn1c(=NC(=O)CS(=O)(=O)c2ccc(OC)cc2)sc2cc(C(=O)OC)ccc21. The number of esters is 1. The van der Waals surface area contributed by atoms with E-state index in [4.69, 9.17) is 9.47 Å². The minimum absolute atomic E-state index is 0.00915. The Kier molecular flexibility index (Phi) is 6.71. The second-order valence-corrected chi connectivity index (χ2v) is 9.40. The van der Waals surface area contributed by atoms with Crippen LogP contribution >= 0.6 is 11.3 Å². The summed E-state index contributed by atoms with van der Waals surface area (Å²) in [7, 11) is -1.10. The molecule has 0 aliphatic heterocycles. The van der Waals surface area contributed by atoms with E-state index in [-0.39, 0.29) is 4.90 Å². The van der Waals surface area contributed by atoms with E-state index in [1.807, 2.05) is 0 Å². The quantitative estimate of drug-likeness (QED) is 0.397. The molecule has 0 bridgehead atoms. The molecule has 3 rings (SSSR count). The number of sulfone groups is 1. The van der Waals surface area contributed by atoms with E-state index in [1.165, 1.54) is 49.8 Å². The number of amides is 1. The number of carbonyl (C=O) groups excluding carboxylic acids is 2. The van der Waals surface area contributed by atoms with Crippen LogP contribution in [0.1, 0.15) is 10.4 Å². The highest BCUT2D eigenvalue weighted by molar-refractivity contribution is 7.92. The maximum Gasteiger partial charge on any atom is 0.337 e. The molecule has 0 saturated heterocycles. The van der Waals surface area contributed by atoms with Crippen LogP contribution in [0.5, 0.6) is 5.75 Å². The van der Waals surface area contributed by atoms with Gasteiger partial charge in [0, 0.05) is 6.54 Å². The fourth-order valence-electron chi connectivity index (χ4n) is 2.88. The summed E-state index contributed by atoms with van der Waals surface area (Å²) < 4.78 is 37.3. The highest BCUT2D eigenvalue weighted by Gasteiger charge is 2.20. The van der Waals surface area contributed by atoms with Crippen LogP contribution in [0.15, 0.2) is 65.0 Å². The maximum atomic E-state index is 12.6. The van der Waals surface area contributed by atoms with Crippen LogP contribution in [0.2, 0.25) is 0 Å². The van der Waals surface area contributed by atoms with E-state index >= 15 is 0 Å². The zero-order valence-corrected chi connectivity index (χ0v) is 18.5. The highest BCUT2D eigenvalue weighted by atomic mass is 32.2. The molecule has 0 aliphatic carbocycles. The van der Waals surface area contributed by atoms with Gasteiger partial charge in [-0.1, -0.05) is 17.4 Å². The number of ether oxygens (including phenoxy) is 2. The van der Waals surface area contributed by atoms with Crippen LogP contribution in [0.25, 0.3) is 10.2 Å². The molecule has 0 fully saturated rings. The molecule has 10 heteroatoms. The summed E-state index contributed by atoms with van der Waals surface area (Å²) in [5.41, 5.74) is 1.10. The van der Waals surface area contributed by atoms with Crippen molar-refractivity contribution in [3.8, 4) is 5.75 Å². The van der Waals surface area contributed by atoms with Crippen molar-refractivity contribution >= 4 is 43.3 Å². The Balaban J connectivity index is 1.97. The molecule has 3 aromatic rings. The number of benzene rings is 2. The van der Waals surface area contributed by atoms with Gasteiger partial charge in [-0.15, -0.1) is 6.58 Å². The topological polar surface area (TPSA) is 104 Å². The highest BCUT2D eigenvalue weighted by Crippen LogP contribution is 2.20. The maximum absolute atomic E-state index is 12.6. The van der Waals surface area contributed by atoms with Crippen molar-refractivity contribution in [2.24, 2.45) is 4.99 Å². The molecule has 2 aromatic carbocycles. The predicted molar refractivity (Wildman–Crippen MR) is 117 cm³/mol. The summed E-state index contributed by atoms with van der Waals surface area (Å²) in [6.45, 7) is 4.07. The van der Waals surface area contributed by atoms with E-state index in [0.29, 0.717) is 27.4 Å². The summed E-state index contributed by atoms with van der Waals surface area (Å²) >= 11 is 1.17. The third kappa shape index (κ3) is 4.92. The lowest BCUT2D eigenvalue weighted by molar-refractivity contribution is -0.115. The first-order valence-electron chi connectivity index (χ1n) is 9.06. The van der Waals surface area contributed by atoms with Crippen molar-refractivity contribution in [2.75, 3.05) is 20.0 Å². The number of methoxy groups -OCH3 is 2. The number of fused-ring (bicyclic) bond motifs is 1. The largest absolute Gasteiger partial charge is 0.497 e. The van der Waals surface area contributed by atoms with Crippen molar-refractivity contribution in [2.45, 2.75) is 11.4 Å². The van der Waals surface area contributed by atoms with E-state index in [9.17, 15) is 18.0 Å². The first-order chi connectivity index (χ1) is 14.8. The lowest BCUT2D eigenvalue weighted by Gasteiger charge is -2.04. The number of nitrogens with zero attached hydrogens (tertiary/aromatic N) is 2. The molecule has 162 valence electrons. The molecule has 0 radical (unpaired) electrons. The first-order valence-corrected chi connectivity index (χ1v) is 11.5. The van der Waals surface area contributed by atoms with E-state index in [1.54, 1.807) is 28.8 Å². The van der Waals surface area contributed by atoms with Crippen molar-refractivity contribution in [3.05, 3.63) is 65.5 Å². The summed E-state index contributed by atoms with van der Waals surface area (Å²) in [5, 5.41) is 0. The summed E-state index contributed by atoms with van der Waals surface area (Å²) in [4.78, 5) is 28.6. The minimum atomic E-state index is -3.87. The molecular weight excluding hydrogens is 440 g/mol. The lowest BCUT2D eigenvalue weighted by atomic mass is 10.2. The summed E-state index contributed by atoms with van der Waals surface area (Å²) in [5.74, 6) is -1.54. The van der Waals surface area contributed by atoms with Gasteiger partial charge in [0.2, 0.25) is 0 Å². The zero-order valence-electron chi connectivity index (χ0n) is 16.9. The van der Waals surface area contributed by atoms with Crippen LogP contribution in [-0.2, 0) is 25.9 Å².